The summed E-state index contributed by atoms with van der Waals surface area (Å²) in [5, 5.41) is 3.52. The molecule has 0 aliphatic heterocycles. The van der Waals surface area contributed by atoms with Crippen molar-refractivity contribution < 1.29 is 4.79 Å². The zero-order valence-corrected chi connectivity index (χ0v) is 12.5. The van der Waals surface area contributed by atoms with E-state index in [9.17, 15) is 4.79 Å². The molecule has 1 amide bonds. The predicted octanol–water partition coefficient (Wildman–Crippen LogP) is 2.92. The average molecular weight is 262 g/mol. The van der Waals surface area contributed by atoms with Crippen molar-refractivity contribution in [2.75, 3.05) is 6.54 Å². The van der Waals surface area contributed by atoms with Gasteiger partial charge in [-0.1, -0.05) is 17.7 Å². The summed E-state index contributed by atoms with van der Waals surface area (Å²) >= 11 is 0. The smallest absolute Gasteiger partial charge is 0.217 e. The molecule has 106 valence electrons. The molecule has 0 spiro atoms. The molecule has 3 heteroatoms. The summed E-state index contributed by atoms with van der Waals surface area (Å²) < 4.78 is 0. The van der Waals surface area contributed by atoms with Gasteiger partial charge in [0.15, 0.2) is 0 Å². The Morgan fingerprint density at radius 1 is 1.21 bits per heavy atom. The molecule has 0 aliphatic carbocycles. The Morgan fingerprint density at radius 2 is 1.79 bits per heavy atom. The third-order valence-corrected chi connectivity index (χ3v) is 3.47. The molecule has 3 N–H and O–H groups in total. The number of nitrogens with two attached hydrogens (primary N) is 1. The topological polar surface area (TPSA) is 55.1 Å². The minimum absolute atomic E-state index is 0.210. The Kier molecular flexibility index (Phi) is 6.03. The van der Waals surface area contributed by atoms with E-state index < -0.39 is 0 Å². The number of aryl methyl sites for hydroxylation is 3. The molecule has 0 saturated carbocycles. The molecule has 0 bridgehead atoms. The molecule has 1 rings (SSSR count). The first kappa shape index (κ1) is 15.7. The van der Waals surface area contributed by atoms with Crippen LogP contribution in [0.1, 0.15) is 54.5 Å². The Morgan fingerprint density at radius 3 is 2.32 bits per heavy atom. The van der Waals surface area contributed by atoms with Crippen molar-refractivity contribution in [1.82, 2.24) is 5.32 Å². The van der Waals surface area contributed by atoms with Crippen molar-refractivity contribution >= 4 is 5.91 Å². The first-order valence-electron chi connectivity index (χ1n) is 7.01. The van der Waals surface area contributed by atoms with Crippen LogP contribution in [0.25, 0.3) is 0 Å². The van der Waals surface area contributed by atoms with Gasteiger partial charge in [-0.25, -0.2) is 0 Å². The van der Waals surface area contributed by atoms with Crippen LogP contribution in [0.15, 0.2) is 12.1 Å². The number of carbonyl (C=O) groups excluding carboxylic acids is 1. The lowest BCUT2D eigenvalue weighted by molar-refractivity contribution is -0.118. The number of amides is 1. The number of benzene rings is 1. The van der Waals surface area contributed by atoms with Crippen molar-refractivity contribution in [2.45, 2.75) is 53.0 Å². The SMILES string of the molecule is Cc1cc(C)c(C(C)NCCCCC(N)=O)c(C)c1. The van der Waals surface area contributed by atoms with E-state index in [-0.39, 0.29) is 5.91 Å². The summed E-state index contributed by atoms with van der Waals surface area (Å²) in [5.41, 5.74) is 10.5. The van der Waals surface area contributed by atoms with Crippen LogP contribution in [-0.2, 0) is 4.79 Å². The second-order valence-electron chi connectivity index (χ2n) is 5.41. The van der Waals surface area contributed by atoms with Gasteiger partial charge in [0, 0.05) is 12.5 Å². The van der Waals surface area contributed by atoms with E-state index in [0.717, 1.165) is 19.4 Å². The molecule has 0 radical (unpaired) electrons. The van der Waals surface area contributed by atoms with Crippen LogP contribution in [0.5, 0.6) is 0 Å². The zero-order valence-electron chi connectivity index (χ0n) is 12.5. The fourth-order valence-corrected chi connectivity index (χ4v) is 2.72. The number of primary amides is 1. The minimum atomic E-state index is -0.210. The van der Waals surface area contributed by atoms with Gasteiger partial charge in [-0.05, 0) is 63.8 Å². The summed E-state index contributed by atoms with van der Waals surface area (Å²) in [6, 6.07) is 4.80. The quantitative estimate of drug-likeness (QED) is 0.742. The highest BCUT2D eigenvalue weighted by Gasteiger charge is 2.11. The van der Waals surface area contributed by atoms with Gasteiger partial charge in [0.25, 0.3) is 0 Å². The van der Waals surface area contributed by atoms with E-state index in [4.69, 9.17) is 5.73 Å². The highest BCUT2D eigenvalue weighted by atomic mass is 16.1. The lowest BCUT2D eigenvalue weighted by Gasteiger charge is -2.20. The summed E-state index contributed by atoms with van der Waals surface area (Å²) in [4.78, 5) is 10.6. The summed E-state index contributed by atoms with van der Waals surface area (Å²) in [6.45, 7) is 9.58. The molecule has 0 aromatic heterocycles. The van der Waals surface area contributed by atoms with Gasteiger partial charge in [-0.3, -0.25) is 4.79 Å². The van der Waals surface area contributed by atoms with Crippen molar-refractivity contribution in [1.29, 1.82) is 0 Å². The van der Waals surface area contributed by atoms with Crippen LogP contribution in [-0.4, -0.2) is 12.5 Å². The fourth-order valence-electron chi connectivity index (χ4n) is 2.72. The number of nitrogens with one attached hydrogen (secondary N) is 1. The highest BCUT2D eigenvalue weighted by molar-refractivity contribution is 5.73. The van der Waals surface area contributed by atoms with E-state index in [0.29, 0.717) is 12.5 Å². The van der Waals surface area contributed by atoms with E-state index in [1.807, 2.05) is 0 Å². The van der Waals surface area contributed by atoms with Crippen LogP contribution < -0.4 is 11.1 Å². The first-order valence-corrected chi connectivity index (χ1v) is 7.01. The Balaban J connectivity index is 2.50. The van der Waals surface area contributed by atoms with Crippen LogP contribution in [0.2, 0.25) is 0 Å². The molecule has 0 fully saturated rings. The Labute approximate surface area is 116 Å². The molecule has 0 aliphatic rings. The first-order chi connectivity index (χ1) is 8.91. The fraction of sp³-hybridized carbons (Fsp3) is 0.562. The molecule has 0 saturated heterocycles. The van der Waals surface area contributed by atoms with E-state index >= 15 is 0 Å². The summed E-state index contributed by atoms with van der Waals surface area (Å²) in [6.07, 6.45) is 2.33. The maximum atomic E-state index is 10.6. The largest absolute Gasteiger partial charge is 0.370 e. The van der Waals surface area contributed by atoms with Crippen LogP contribution >= 0.6 is 0 Å². The maximum absolute atomic E-state index is 10.6. The molecule has 1 aromatic carbocycles. The van der Waals surface area contributed by atoms with Crippen molar-refractivity contribution in [3.63, 3.8) is 0 Å². The molecule has 19 heavy (non-hydrogen) atoms. The van der Waals surface area contributed by atoms with Gasteiger partial charge in [0.05, 0.1) is 0 Å². The summed E-state index contributed by atoms with van der Waals surface area (Å²) in [5.74, 6) is -0.210. The van der Waals surface area contributed by atoms with Gasteiger partial charge in [0.1, 0.15) is 0 Å². The number of carbonyl (C=O) groups is 1. The van der Waals surface area contributed by atoms with Crippen LogP contribution in [0.4, 0.5) is 0 Å². The summed E-state index contributed by atoms with van der Waals surface area (Å²) in [7, 11) is 0. The van der Waals surface area contributed by atoms with Gasteiger partial charge in [-0.15, -0.1) is 0 Å². The minimum Gasteiger partial charge on any atom is -0.370 e. The molecule has 3 nitrogen and oxygen atoms in total. The van der Waals surface area contributed by atoms with Crippen LogP contribution in [0.3, 0.4) is 0 Å². The maximum Gasteiger partial charge on any atom is 0.217 e. The molecule has 1 unspecified atom stereocenters. The lowest BCUT2D eigenvalue weighted by Crippen LogP contribution is -2.22. The second kappa shape index (κ2) is 7.29. The Hall–Kier alpha value is -1.35. The normalized spacial score (nSPS) is 12.4. The second-order valence-corrected chi connectivity index (χ2v) is 5.41. The standard InChI is InChI=1S/C16H26N2O/c1-11-9-12(2)16(13(3)10-11)14(4)18-8-6-5-7-15(17)19/h9-10,14,18H,5-8H2,1-4H3,(H2,17,19). The van der Waals surface area contributed by atoms with Gasteiger partial charge in [0.2, 0.25) is 5.91 Å². The van der Waals surface area contributed by atoms with E-state index in [1.165, 1.54) is 22.3 Å². The predicted molar refractivity (Wildman–Crippen MR) is 80.1 cm³/mol. The van der Waals surface area contributed by atoms with E-state index in [2.05, 4.69) is 45.1 Å². The van der Waals surface area contributed by atoms with Gasteiger partial charge < -0.3 is 11.1 Å². The third kappa shape index (κ3) is 5.03. The molecule has 1 atom stereocenters. The van der Waals surface area contributed by atoms with Crippen molar-refractivity contribution in [3.05, 3.63) is 34.4 Å². The van der Waals surface area contributed by atoms with Gasteiger partial charge >= 0.3 is 0 Å². The third-order valence-electron chi connectivity index (χ3n) is 3.47. The molecular weight excluding hydrogens is 236 g/mol. The number of unbranched alkanes of at least 4 members (excludes halogenated alkanes) is 1. The number of rotatable bonds is 7. The molecule has 0 heterocycles. The Bertz CT molecular complexity index is 417. The highest BCUT2D eigenvalue weighted by Crippen LogP contribution is 2.23. The molecular formula is C16H26N2O. The average Bonchev–Trinajstić information content (AvgIpc) is 2.26. The van der Waals surface area contributed by atoms with Crippen molar-refractivity contribution in [2.24, 2.45) is 5.73 Å². The van der Waals surface area contributed by atoms with Gasteiger partial charge in [-0.2, -0.15) is 0 Å². The number of hydrogen-bond acceptors (Lipinski definition) is 2. The molecule has 1 aromatic rings. The van der Waals surface area contributed by atoms with Crippen molar-refractivity contribution in [3.8, 4) is 0 Å². The van der Waals surface area contributed by atoms with Crippen LogP contribution in [0, 0.1) is 20.8 Å². The number of hydrogen-bond donors (Lipinski definition) is 2. The monoisotopic (exact) mass is 262 g/mol. The van der Waals surface area contributed by atoms with E-state index in [1.54, 1.807) is 0 Å². The zero-order chi connectivity index (χ0) is 14.4. The lowest BCUT2D eigenvalue weighted by atomic mass is 9.95.